The predicted molar refractivity (Wildman–Crippen MR) is 97.4 cm³/mol. The first-order chi connectivity index (χ1) is 11.7. The molecule has 24 heavy (non-hydrogen) atoms. The molecule has 0 fully saturated rings. The minimum absolute atomic E-state index is 0.0213. The largest absolute Gasteiger partial charge is 0.508 e. The molecule has 0 aliphatic heterocycles. The molecule has 2 heteroatoms. The van der Waals surface area contributed by atoms with Crippen molar-refractivity contribution >= 4 is 5.78 Å². The molecule has 0 saturated heterocycles. The van der Waals surface area contributed by atoms with Crippen LogP contribution in [0.15, 0.2) is 72.8 Å². The van der Waals surface area contributed by atoms with Gasteiger partial charge in [0.1, 0.15) is 5.75 Å². The number of carbonyl (C=O) groups is 1. The quantitative estimate of drug-likeness (QED) is 0.653. The first kappa shape index (κ1) is 16.0. The van der Waals surface area contributed by atoms with Crippen LogP contribution in [0.3, 0.4) is 0 Å². The highest BCUT2D eigenvalue weighted by Crippen LogP contribution is 2.23. The van der Waals surface area contributed by atoms with E-state index in [9.17, 15) is 9.90 Å². The molecule has 0 radical (unpaired) electrons. The van der Waals surface area contributed by atoms with E-state index in [-0.39, 0.29) is 11.5 Å². The number of carbonyl (C=O) groups excluding carboxylic acids is 1. The van der Waals surface area contributed by atoms with E-state index in [0.717, 1.165) is 29.5 Å². The van der Waals surface area contributed by atoms with Crippen LogP contribution in [0, 0.1) is 0 Å². The molecule has 0 aromatic heterocycles. The third-order valence-corrected chi connectivity index (χ3v) is 4.12. The normalized spacial score (nSPS) is 10.5. The zero-order valence-corrected chi connectivity index (χ0v) is 13.7. The number of phenolic OH excluding ortho intramolecular Hbond substituents is 1. The summed E-state index contributed by atoms with van der Waals surface area (Å²) in [6.45, 7) is 2.05. The van der Waals surface area contributed by atoms with Gasteiger partial charge in [0.25, 0.3) is 0 Å². The molecule has 0 amide bonds. The van der Waals surface area contributed by atoms with Crippen molar-refractivity contribution in [2.75, 3.05) is 0 Å². The average molecular weight is 316 g/mol. The lowest BCUT2D eigenvalue weighted by molar-refractivity contribution is 0.103. The third-order valence-electron chi connectivity index (χ3n) is 4.12. The van der Waals surface area contributed by atoms with Crippen LogP contribution in [-0.2, 0) is 6.42 Å². The van der Waals surface area contributed by atoms with Crippen LogP contribution < -0.4 is 0 Å². The Kier molecular flexibility index (Phi) is 4.76. The molecule has 3 rings (SSSR count). The fraction of sp³-hybridized carbons (Fsp3) is 0.136. The molecular weight excluding hydrogens is 296 g/mol. The molecule has 2 nitrogen and oxygen atoms in total. The van der Waals surface area contributed by atoms with Gasteiger partial charge in [-0.3, -0.25) is 4.79 Å². The predicted octanol–water partition coefficient (Wildman–Crippen LogP) is 5.24. The van der Waals surface area contributed by atoms with Gasteiger partial charge in [0.05, 0.1) is 0 Å². The molecule has 1 N–H and O–H groups in total. The molecule has 0 aliphatic rings. The number of aromatic hydroxyl groups is 1. The highest BCUT2D eigenvalue weighted by atomic mass is 16.3. The summed E-state index contributed by atoms with van der Waals surface area (Å²) in [5, 5.41) is 9.87. The Labute approximate surface area is 142 Å². The van der Waals surface area contributed by atoms with E-state index in [1.54, 1.807) is 18.2 Å². The second-order valence-electron chi connectivity index (χ2n) is 5.87. The van der Waals surface area contributed by atoms with E-state index in [0.29, 0.717) is 11.1 Å². The van der Waals surface area contributed by atoms with E-state index in [4.69, 9.17) is 0 Å². The summed E-state index contributed by atoms with van der Waals surface area (Å²) >= 11 is 0. The second kappa shape index (κ2) is 7.14. The molecule has 0 bridgehead atoms. The van der Waals surface area contributed by atoms with Crippen LogP contribution in [0.1, 0.15) is 34.8 Å². The number of benzene rings is 3. The van der Waals surface area contributed by atoms with Gasteiger partial charge in [-0.15, -0.1) is 0 Å². The summed E-state index contributed by atoms with van der Waals surface area (Å²) in [4.78, 5) is 12.7. The Morgan fingerprint density at radius 1 is 0.833 bits per heavy atom. The van der Waals surface area contributed by atoms with Gasteiger partial charge in [-0.1, -0.05) is 67.9 Å². The van der Waals surface area contributed by atoms with Crippen molar-refractivity contribution in [3.05, 3.63) is 89.5 Å². The van der Waals surface area contributed by atoms with Gasteiger partial charge in [0, 0.05) is 11.1 Å². The number of rotatable bonds is 5. The molecule has 0 spiro atoms. The van der Waals surface area contributed by atoms with Gasteiger partial charge in [0.2, 0.25) is 0 Å². The Hall–Kier alpha value is -2.87. The topological polar surface area (TPSA) is 37.3 Å². The van der Waals surface area contributed by atoms with E-state index < -0.39 is 0 Å². The lowest BCUT2D eigenvalue weighted by Crippen LogP contribution is -2.02. The van der Waals surface area contributed by atoms with Gasteiger partial charge in [0.15, 0.2) is 5.78 Å². The molecule has 120 valence electrons. The zero-order chi connectivity index (χ0) is 16.9. The zero-order valence-electron chi connectivity index (χ0n) is 13.7. The van der Waals surface area contributed by atoms with Crippen molar-refractivity contribution < 1.29 is 9.90 Å². The van der Waals surface area contributed by atoms with Gasteiger partial charge in [-0.05, 0) is 41.3 Å². The number of phenols is 1. The number of aryl methyl sites for hydroxylation is 1. The molecule has 0 unspecified atom stereocenters. The minimum atomic E-state index is -0.0213. The number of hydrogen-bond acceptors (Lipinski definition) is 2. The van der Waals surface area contributed by atoms with Gasteiger partial charge in [-0.25, -0.2) is 0 Å². The van der Waals surface area contributed by atoms with Crippen molar-refractivity contribution in [1.29, 1.82) is 0 Å². The molecule has 0 saturated carbocycles. The standard InChI is InChI=1S/C22H20O2/c1-2-6-19-15-20(13-14-21(19)23)22(24)18-11-9-17(10-12-18)16-7-4-3-5-8-16/h3-5,7-15,23H,2,6H2,1H3. The van der Waals surface area contributed by atoms with E-state index >= 15 is 0 Å². The number of ketones is 1. The highest BCUT2D eigenvalue weighted by molar-refractivity contribution is 6.09. The average Bonchev–Trinajstić information content (AvgIpc) is 2.64. The summed E-state index contributed by atoms with van der Waals surface area (Å²) < 4.78 is 0. The summed E-state index contributed by atoms with van der Waals surface area (Å²) in [6, 6.07) is 22.8. The molecule has 0 heterocycles. The fourth-order valence-corrected chi connectivity index (χ4v) is 2.81. The summed E-state index contributed by atoms with van der Waals surface area (Å²) in [5.74, 6) is 0.236. The fourth-order valence-electron chi connectivity index (χ4n) is 2.81. The van der Waals surface area contributed by atoms with Crippen LogP contribution in [0.5, 0.6) is 5.75 Å². The first-order valence-corrected chi connectivity index (χ1v) is 8.21. The Bertz CT molecular complexity index is 834. The Morgan fingerprint density at radius 3 is 2.12 bits per heavy atom. The van der Waals surface area contributed by atoms with Crippen LogP contribution in [-0.4, -0.2) is 10.9 Å². The van der Waals surface area contributed by atoms with Crippen LogP contribution >= 0.6 is 0 Å². The van der Waals surface area contributed by atoms with Crippen molar-refractivity contribution in [3.8, 4) is 16.9 Å². The Balaban J connectivity index is 1.87. The maximum Gasteiger partial charge on any atom is 0.193 e. The molecule has 3 aromatic carbocycles. The van der Waals surface area contributed by atoms with Crippen LogP contribution in [0.4, 0.5) is 0 Å². The van der Waals surface area contributed by atoms with E-state index in [1.165, 1.54) is 0 Å². The van der Waals surface area contributed by atoms with E-state index in [1.807, 2.05) is 54.6 Å². The minimum Gasteiger partial charge on any atom is -0.508 e. The third kappa shape index (κ3) is 3.38. The summed E-state index contributed by atoms with van der Waals surface area (Å²) in [6.07, 6.45) is 1.69. The monoisotopic (exact) mass is 316 g/mol. The maximum absolute atomic E-state index is 12.7. The SMILES string of the molecule is CCCc1cc(C(=O)c2ccc(-c3ccccc3)cc2)ccc1O. The summed E-state index contributed by atoms with van der Waals surface area (Å²) in [5.41, 5.74) is 4.31. The maximum atomic E-state index is 12.7. The molecular formula is C22H20O2. The molecule has 3 aromatic rings. The van der Waals surface area contributed by atoms with Gasteiger partial charge >= 0.3 is 0 Å². The van der Waals surface area contributed by atoms with Crippen LogP contribution in [0.25, 0.3) is 11.1 Å². The summed E-state index contributed by atoms with van der Waals surface area (Å²) in [7, 11) is 0. The molecule has 0 aliphatic carbocycles. The van der Waals surface area contributed by atoms with Gasteiger partial charge in [-0.2, -0.15) is 0 Å². The van der Waals surface area contributed by atoms with Gasteiger partial charge < -0.3 is 5.11 Å². The molecule has 0 atom stereocenters. The van der Waals surface area contributed by atoms with Crippen molar-refractivity contribution in [2.24, 2.45) is 0 Å². The lowest BCUT2D eigenvalue weighted by atomic mass is 9.97. The Morgan fingerprint density at radius 2 is 1.46 bits per heavy atom. The number of hydrogen-bond donors (Lipinski definition) is 1. The van der Waals surface area contributed by atoms with Crippen molar-refractivity contribution in [3.63, 3.8) is 0 Å². The van der Waals surface area contributed by atoms with E-state index in [2.05, 4.69) is 6.92 Å². The van der Waals surface area contributed by atoms with Crippen molar-refractivity contribution in [1.82, 2.24) is 0 Å². The van der Waals surface area contributed by atoms with Crippen molar-refractivity contribution in [2.45, 2.75) is 19.8 Å². The smallest absolute Gasteiger partial charge is 0.193 e. The highest BCUT2D eigenvalue weighted by Gasteiger charge is 2.11. The first-order valence-electron chi connectivity index (χ1n) is 8.21. The second-order valence-corrected chi connectivity index (χ2v) is 5.87. The van der Waals surface area contributed by atoms with Crippen LogP contribution in [0.2, 0.25) is 0 Å². The lowest BCUT2D eigenvalue weighted by Gasteiger charge is -2.07.